The number of anilines is 1. The Labute approximate surface area is 136 Å². The van der Waals surface area contributed by atoms with E-state index in [1.165, 1.54) is 0 Å². The summed E-state index contributed by atoms with van der Waals surface area (Å²) in [5, 5.41) is 2.90. The van der Waals surface area contributed by atoms with Gasteiger partial charge in [-0.25, -0.2) is 19.2 Å². The molecule has 0 saturated carbocycles. The summed E-state index contributed by atoms with van der Waals surface area (Å²) in [4.78, 5) is 22.9. The third kappa shape index (κ3) is 5.04. The van der Waals surface area contributed by atoms with Gasteiger partial charge in [-0.2, -0.15) is 0 Å². The number of hydrogen-bond donors (Lipinski definition) is 1. The van der Waals surface area contributed by atoms with Gasteiger partial charge < -0.3 is 10.1 Å². The first-order chi connectivity index (χ1) is 10.9. The maximum absolute atomic E-state index is 12.4. The normalized spacial score (nSPS) is 18.6. The second-order valence-electron chi connectivity index (χ2n) is 6.60. The molecule has 128 valence electrons. The number of likely N-dealkylation sites (tertiary alicyclic amines) is 1. The Balaban J connectivity index is 2.16. The van der Waals surface area contributed by atoms with Gasteiger partial charge in [0.15, 0.2) is 5.82 Å². The summed E-state index contributed by atoms with van der Waals surface area (Å²) >= 11 is 0. The minimum absolute atomic E-state index is 0.203. The summed E-state index contributed by atoms with van der Waals surface area (Å²) in [7, 11) is 0. The number of nitrogens with zero attached hydrogens (tertiary/aromatic N) is 3. The molecule has 6 nitrogen and oxygen atoms in total. The molecule has 1 N–H and O–H groups in total. The smallest absolute Gasteiger partial charge is 0.410 e. The molecule has 1 unspecified atom stereocenters. The quantitative estimate of drug-likeness (QED) is 0.920. The first-order valence-electron chi connectivity index (χ1n) is 8.03. The van der Waals surface area contributed by atoms with E-state index in [9.17, 15) is 9.18 Å². The fourth-order valence-electron chi connectivity index (χ4n) is 2.55. The zero-order chi connectivity index (χ0) is 16.9. The number of nitrogens with one attached hydrogen (secondary N) is 1. The van der Waals surface area contributed by atoms with Crippen molar-refractivity contribution in [3.63, 3.8) is 0 Å². The molecule has 0 aliphatic carbocycles. The first kappa shape index (κ1) is 17.4. The van der Waals surface area contributed by atoms with Gasteiger partial charge in [-0.05, 0) is 46.1 Å². The van der Waals surface area contributed by atoms with Crippen molar-refractivity contribution in [3.05, 3.63) is 18.1 Å². The number of aromatic nitrogens is 2. The number of carbonyl (C=O) groups is 1. The summed E-state index contributed by atoms with van der Waals surface area (Å²) in [5.41, 5.74) is -0.537. The van der Waals surface area contributed by atoms with Crippen LogP contribution in [0.15, 0.2) is 12.3 Å². The monoisotopic (exact) mass is 324 g/mol. The van der Waals surface area contributed by atoms with Crippen LogP contribution in [0.5, 0.6) is 0 Å². The molecule has 1 aromatic heterocycles. The van der Waals surface area contributed by atoms with Crippen molar-refractivity contribution in [3.8, 4) is 0 Å². The largest absolute Gasteiger partial charge is 0.444 e. The Hall–Kier alpha value is -1.92. The molecule has 1 fully saturated rings. The van der Waals surface area contributed by atoms with Gasteiger partial charge in [-0.1, -0.05) is 0 Å². The van der Waals surface area contributed by atoms with Gasteiger partial charge in [0.2, 0.25) is 0 Å². The number of piperidine rings is 1. The van der Waals surface area contributed by atoms with Crippen LogP contribution in [0.2, 0.25) is 0 Å². The zero-order valence-electron chi connectivity index (χ0n) is 14.0. The molecule has 1 saturated heterocycles. The standard InChI is InChI=1S/C16H25FN4O2/c1-16(2,3)23-15(22)21-11-5-4-6-12(21)14-19-9-7-13(20-14)18-10-8-17/h7,9,12H,4-6,8,10-11H2,1-3H3,(H,18,19,20). The molecule has 7 heteroatoms. The average Bonchev–Trinajstić information content (AvgIpc) is 2.51. The Morgan fingerprint density at radius 3 is 2.96 bits per heavy atom. The SMILES string of the molecule is CC(C)(C)OC(=O)N1CCCCC1c1nccc(NCCF)n1. The van der Waals surface area contributed by atoms with Crippen molar-refractivity contribution in [1.82, 2.24) is 14.9 Å². The maximum Gasteiger partial charge on any atom is 0.410 e. The second kappa shape index (κ2) is 7.57. The second-order valence-corrected chi connectivity index (χ2v) is 6.60. The summed E-state index contributed by atoms with van der Waals surface area (Å²) < 4.78 is 17.8. The number of carbonyl (C=O) groups excluding carboxylic acids is 1. The molecule has 0 bridgehead atoms. The Kier molecular flexibility index (Phi) is 5.74. The lowest BCUT2D eigenvalue weighted by Crippen LogP contribution is -2.42. The fourth-order valence-corrected chi connectivity index (χ4v) is 2.55. The molecule has 1 aliphatic rings. The zero-order valence-corrected chi connectivity index (χ0v) is 14.0. The molecule has 1 aliphatic heterocycles. The number of hydrogen-bond acceptors (Lipinski definition) is 5. The van der Waals surface area contributed by atoms with Crippen LogP contribution in [0.3, 0.4) is 0 Å². The minimum atomic E-state index is -0.537. The highest BCUT2D eigenvalue weighted by atomic mass is 19.1. The van der Waals surface area contributed by atoms with E-state index in [1.54, 1.807) is 17.2 Å². The van der Waals surface area contributed by atoms with Gasteiger partial charge >= 0.3 is 6.09 Å². The molecule has 0 aromatic carbocycles. The lowest BCUT2D eigenvalue weighted by molar-refractivity contribution is 0.00845. The van der Waals surface area contributed by atoms with Crippen LogP contribution >= 0.6 is 0 Å². The van der Waals surface area contributed by atoms with Crippen LogP contribution in [-0.2, 0) is 4.74 Å². The maximum atomic E-state index is 12.4. The van der Waals surface area contributed by atoms with E-state index in [0.717, 1.165) is 19.3 Å². The number of alkyl halides is 1. The van der Waals surface area contributed by atoms with Crippen LogP contribution in [-0.4, -0.2) is 46.3 Å². The third-order valence-electron chi connectivity index (χ3n) is 3.50. The van der Waals surface area contributed by atoms with Gasteiger partial charge in [0.1, 0.15) is 18.1 Å². The van der Waals surface area contributed by atoms with E-state index >= 15 is 0 Å². The predicted molar refractivity (Wildman–Crippen MR) is 86.0 cm³/mol. The summed E-state index contributed by atoms with van der Waals surface area (Å²) in [6, 6.07) is 1.49. The lowest BCUT2D eigenvalue weighted by atomic mass is 10.0. The Morgan fingerprint density at radius 1 is 1.48 bits per heavy atom. The van der Waals surface area contributed by atoms with Crippen molar-refractivity contribution >= 4 is 11.9 Å². The number of ether oxygens (including phenoxy) is 1. The number of halogens is 1. The summed E-state index contributed by atoms with van der Waals surface area (Å²) in [5.74, 6) is 1.14. The van der Waals surface area contributed by atoms with Gasteiger partial charge in [0.05, 0.1) is 6.04 Å². The molecular formula is C16H25FN4O2. The first-order valence-corrected chi connectivity index (χ1v) is 8.03. The van der Waals surface area contributed by atoms with Gasteiger partial charge in [0, 0.05) is 19.3 Å². The van der Waals surface area contributed by atoms with Crippen LogP contribution in [0.25, 0.3) is 0 Å². The number of amides is 1. The van der Waals surface area contributed by atoms with Crippen molar-refractivity contribution in [2.75, 3.05) is 25.1 Å². The topological polar surface area (TPSA) is 67.3 Å². The Bertz CT molecular complexity index is 533. The van der Waals surface area contributed by atoms with Crippen LogP contribution in [0.1, 0.15) is 51.9 Å². The summed E-state index contributed by atoms with van der Waals surface area (Å²) in [6.07, 6.45) is 4.04. The van der Waals surface area contributed by atoms with Crippen molar-refractivity contribution in [2.45, 2.75) is 51.7 Å². The number of rotatable bonds is 4. The molecule has 2 heterocycles. The van der Waals surface area contributed by atoms with Crippen LogP contribution in [0, 0.1) is 0 Å². The van der Waals surface area contributed by atoms with Crippen LogP contribution in [0.4, 0.5) is 15.0 Å². The van der Waals surface area contributed by atoms with Crippen molar-refractivity contribution in [1.29, 1.82) is 0 Å². The molecule has 2 rings (SSSR count). The molecule has 1 amide bonds. The van der Waals surface area contributed by atoms with E-state index < -0.39 is 12.3 Å². The highest BCUT2D eigenvalue weighted by Gasteiger charge is 2.33. The Morgan fingerprint density at radius 2 is 2.26 bits per heavy atom. The van der Waals surface area contributed by atoms with Gasteiger partial charge in [-0.15, -0.1) is 0 Å². The van der Waals surface area contributed by atoms with E-state index in [1.807, 2.05) is 20.8 Å². The molecule has 1 aromatic rings. The van der Waals surface area contributed by atoms with Crippen LogP contribution < -0.4 is 5.32 Å². The van der Waals surface area contributed by atoms with E-state index in [4.69, 9.17) is 4.74 Å². The minimum Gasteiger partial charge on any atom is -0.444 e. The predicted octanol–water partition coefficient (Wildman–Crippen LogP) is 3.32. The fraction of sp³-hybridized carbons (Fsp3) is 0.688. The van der Waals surface area contributed by atoms with E-state index in [2.05, 4.69) is 15.3 Å². The highest BCUT2D eigenvalue weighted by molar-refractivity contribution is 5.68. The van der Waals surface area contributed by atoms with E-state index in [-0.39, 0.29) is 18.7 Å². The van der Waals surface area contributed by atoms with E-state index in [0.29, 0.717) is 18.2 Å². The average molecular weight is 324 g/mol. The van der Waals surface area contributed by atoms with Gasteiger partial charge in [0.25, 0.3) is 0 Å². The van der Waals surface area contributed by atoms with Crippen molar-refractivity contribution in [2.24, 2.45) is 0 Å². The van der Waals surface area contributed by atoms with Gasteiger partial charge in [-0.3, -0.25) is 4.90 Å². The third-order valence-corrected chi connectivity index (χ3v) is 3.50. The molecule has 23 heavy (non-hydrogen) atoms. The summed E-state index contributed by atoms with van der Waals surface area (Å²) in [6.45, 7) is 5.92. The molecule has 0 spiro atoms. The molecular weight excluding hydrogens is 299 g/mol. The molecule has 0 radical (unpaired) electrons. The van der Waals surface area contributed by atoms with Crippen molar-refractivity contribution < 1.29 is 13.9 Å². The highest BCUT2D eigenvalue weighted by Crippen LogP contribution is 2.30. The lowest BCUT2D eigenvalue weighted by Gasteiger charge is -2.35. The molecule has 1 atom stereocenters.